The predicted molar refractivity (Wildman–Crippen MR) is 100 cm³/mol. The Morgan fingerprint density at radius 2 is 1.73 bits per heavy atom. The van der Waals surface area contributed by atoms with Crippen LogP contribution in [-0.2, 0) is 10.0 Å². The number of carbonyl (C=O) groups excluding carboxylic acids is 1. The molecule has 0 saturated heterocycles. The molecule has 0 aromatic heterocycles. The average Bonchev–Trinajstić information content (AvgIpc) is 2.61. The molecule has 0 aliphatic carbocycles. The molecule has 0 bridgehead atoms. The summed E-state index contributed by atoms with van der Waals surface area (Å²) in [6.45, 7) is 3.94. The van der Waals surface area contributed by atoms with Gasteiger partial charge in [0.25, 0.3) is 15.9 Å². The van der Waals surface area contributed by atoms with Crippen molar-refractivity contribution >= 4 is 33.2 Å². The van der Waals surface area contributed by atoms with Crippen LogP contribution in [0.15, 0.2) is 47.4 Å². The van der Waals surface area contributed by atoms with Gasteiger partial charge < -0.3 is 5.32 Å². The van der Waals surface area contributed by atoms with Crippen LogP contribution >= 0.6 is 11.6 Å². The van der Waals surface area contributed by atoms with E-state index < -0.39 is 15.8 Å². The number of halogens is 2. The van der Waals surface area contributed by atoms with Gasteiger partial charge in [-0.1, -0.05) is 25.4 Å². The first-order valence-electron chi connectivity index (χ1n) is 8.15. The summed E-state index contributed by atoms with van der Waals surface area (Å²) >= 11 is 6.06. The van der Waals surface area contributed by atoms with Crippen molar-refractivity contribution in [1.82, 2.24) is 5.32 Å². The lowest BCUT2D eigenvalue weighted by molar-refractivity contribution is 0.0935. The Morgan fingerprint density at radius 1 is 1.12 bits per heavy atom. The van der Waals surface area contributed by atoms with Gasteiger partial charge in [-0.3, -0.25) is 9.52 Å². The van der Waals surface area contributed by atoms with Crippen LogP contribution in [0.25, 0.3) is 0 Å². The Balaban J connectivity index is 2.27. The Morgan fingerprint density at radius 3 is 2.31 bits per heavy atom. The van der Waals surface area contributed by atoms with E-state index in [2.05, 4.69) is 10.0 Å². The summed E-state index contributed by atoms with van der Waals surface area (Å²) in [5, 5.41) is 3.03. The zero-order valence-corrected chi connectivity index (χ0v) is 16.0. The number of hydrogen-bond acceptors (Lipinski definition) is 3. The number of benzene rings is 2. The van der Waals surface area contributed by atoms with Crippen molar-refractivity contribution in [1.29, 1.82) is 0 Å². The molecule has 0 fully saturated rings. The van der Waals surface area contributed by atoms with Crippen LogP contribution in [0, 0.1) is 5.82 Å². The third-order valence-corrected chi connectivity index (χ3v) is 5.63. The number of sulfonamides is 1. The van der Waals surface area contributed by atoms with E-state index in [1.807, 2.05) is 13.8 Å². The van der Waals surface area contributed by atoms with Crippen LogP contribution in [0.3, 0.4) is 0 Å². The zero-order chi connectivity index (χ0) is 19.3. The minimum absolute atomic E-state index is 0.0394. The van der Waals surface area contributed by atoms with Crippen LogP contribution in [0.4, 0.5) is 10.1 Å². The molecule has 0 atom stereocenters. The lowest BCUT2D eigenvalue weighted by atomic mass is 10.1. The van der Waals surface area contributed by atoms with Crippen LogP contribution in [-0.4, -0.2) is 20.4 Å². The predicted octanol–water partition coefficient (Wildman–Crippen LogP) is 4.20. The first kappa shape index (κ1) is 20.2. The van der Waals surface area contributed by atoms with E-state index in [0.717, 1.165) is 37.1 Å². The van der Waals surface area contributed by atoms with Gasteiger partial charge in [0.1, 0.15) is 5.82 Å². The highest BCUT2D eigenvalue weighted by molar-refractivity contribution is 7.92. The topological polar surface area (TPSA) is 75.3 Å². The second-order valence-corrected chi connectivity index (χ2v) is 7.83. The Bertz CT molecular complexity index is 882. The summed E-state index contributed by atoms with van der Waals surface area (Å²) in [5.74, 6) is -0.848. The molecule has 2 aromatic rings. The van der Waals surface area contributed by atoms with Gasteiger partial charge in [0, 0.05) is 11.6 Å². The number of nitrogens with one attached hydrogen (secondary N) is 2. The molecule has 0 heterocycles. The summed E-state index contributed by atoms with van der Waals surface area (Å²) in [6, 6.07) is 8.79. The van der Waals surface area contributed by atoms with Gasteiger partial charge >= 0.3 is 0 Å². The minimum atomic E-state index is -3.96. The molecule has 0 aliphatic heterocycles. The highest BCUT2D eigenvalue weighted by Crippen LogP contribution is 2.26. The van der Waals surface area contributed by atoms with E-state index in [9.17, 15) is 17.6 Å². The molecule has 140 valence electrons. The molecule has 26 heavy (non-hydrogen) atoms. The first-order valence-corrected chi connectivity index (χ1v) is 10.0. The number of rotatable bonds is 7. The molecule has 2 N–H and O–H groups in total. The molecule has 0 radical (unpaired) electrons. The second kappa shape index (κ2) is 8.51. The molecule has 2 rings (SSSR count). The highest BCUT2D eigenvalue weighted by Gasteiger charge is 2.18. The van der Waals surface area contributed by atoms with Gasteiger partial charge in [-0.2, -0.15) is 0 Å². The maximum atomic E-state index is 13.0. The molecule has 1 amide bonds. The Labute approximate surface area is 157 Å². The minimum Gasteiger partial charge on any atom is -0.349 e. The van der Waals surface area contributed by atoms with Crippen molar-refractivity contribution in [2.75, 3.05) is 4.72 Å². The van der Waals surface area contributed by atoms with E-state index in [0.29, 0.717) is 0 Å². The maximum absolute atomic E-state index is 13.0. The van der Waals surface area contributed by atoms with E-state index in [-0.39, 0.29) is 33.1 Å². The van der Waals surface area contributed by atoms with Crippen molar-refractivity contribution in [2.24, 2.45) is 0 Å². The summed E-state index contributed by atoms with van der Waals surface area (Å²) < 4.78 is 40.2. The van der Waals surface area contributed by atoms with Crippen molar-refractivity contribution in [3.8, 4) is 0 Å². The molecule has 5 nitrogen and oxygen atoms in total. The highest BCUT2D eigenvalue weighted by atomic mass is 35.5. The van der Waals surface area contributed by atoms with Crippen molar-refractivity contribution in [2.45, 2.75) is 37.6 Å². The van der Waals surface area contributed by atoms with Crippen molar-refractivity contribution in [3.63, 3.8) is 0 Å². The summed E-state index contributed by atoms with van der Waals surface area (Å²) in [7, 11) is -3.96. The molecule has 0 spiro atoms. The largest absolute Gasteiger partial charge is 0.349 e. The van der Waals surface area contributed by atoms with Gasteiger partial charge in [0.05, 0.1) is 15.6 Å². The van der Waals surface area contributed by atoms with Crippen molar-refractivity contribution in [3.05, 3.63) is 58.9 Å². The standard InChI is InChI=1S/C18H20ClFN2O3S/c1-3-14(4-2)21-18(23)12-5-10-16(19)17(11-12)22-26(24,25)15-8-6-13(20)7-9-15/h5-11,14,22H,3-4H2,1-2H3,(H,21,23). The SMILES string of the molecule is CCC(CC)NC(=O)c1ccc(Cl)c(NS(=O)(=O)c2ccc(F)cc2)c1. The third-order valence-electron chi connectivity index (χ3n) is 3.92. The van der Waals surface area contributed by atoms with E-state index in [1.54, 1.807) is 0 Å². The molecular formula is C18H20ClFN2O3S. The number of hydrogen-bond donors (Lipinski definition) is 2. The fraction of sp³-hybridized carbons (Fsp3) is 0.278. The third kappa shape index (κ3) is 4.95. The van der Waals surface area contributed by atoms with E-state index >= 15 is 0 Å². The summed E-state index contributed by atoms with van der Waals surface area (Å²) in [5.41, 5.74) is 0.367. The molecule has 0 saturated carbocycles. The number of anilines is 1. The van der Waals surface area contributed by atoms with Crippen LogP contribution in [0.5, 0.6) is 0 Å². The number of amides is 1. The fourth-order valence-corrected chi connectivity index (χ4v) is 3.62. The van der Waals surface area contributed by atoms with Gasteiger partial charge in [0.2, 0.25) is 0 Å². The molecule has 8 heteroatoms. The lowest BCUT2D eigenvalue weighted by Gasteiger charge is -2.16. The maximum Gasteiger partial charge on any atom is 0.261 e. The summed E-state index contributed by atoms with van der Waals surface area (Å²) in [6.07, 6.45) is 1.58. The van der Waals surface area contributed by atoms with Crippen LogP contribution < -0.4 is 10.0 Å². The van der Waals surface area contributed by atoms with Gasteiger partial charge in [-0.15, -0.1) is 0 Å². The normalized spacial score (nSPS) is 11.4. The smallest absolute Gasteiger partial charge is 0.261 e. The molecule has 0 aliphatic rings. The monoisotopic (exact) mass is 398 g/mol. The van der Waals surface area contributed by atoms with Crippen LogP contribution in [0.2, 0.25) is 5.02 Å². The van der Waals surface area contributed by atoms with E-state index in [4.69, 9.17) is 11.6 Å². The quantitative estimate of drug-likeness (QED) is 0.734. The Kier molecular flexibility index (Phi) is 6.61. The van der Waals surface area contributed by atoms with Crippen LogP contribution in [0.1, 0.15) is 37.0 Å². The fourth-order valence-electron chi connectivity index (χ4n) is 2.32. The average molecular weight is 399 g/mol. The molecule has 0 unspecified atom stereocenters. The van der Waals surface area contributed by atoms with E-state index in [1.165, 1.54) is 18.2 Å². The summed E-state index contributed by atoms with van der Waals surface area (Å²) in [4.78, 5) is 12.2. The lowest BCUT2D eigenvalue weighted by Crippen LogP contribution is -2.33. The van der Waals surface area contributed by atoms with Gasteiger partial charge in [0.15, 0.2) is 0 Å². The Hall–Kier alpha value is -2.12. The van der Waals surface area contributed by atoms with Crippen molar-refractivity contribution < 1.29 is 17.6 Å². The zero-order valence-electron chi connectivity index (χ0n) is 14.4. The molecule has 2 aromatic carbocycles. The number of carbonyl (C=O) groups is 1. The van der Waals surface area contributed by atoms with Gasteiger partial charge in [-0.25, -0.2) is 12.8 Å². The molecular weight excluding hydrogens is 379 g/mol. The second-order valence-electron chi connectivity index (χ2n) is 5.74. The first-order chi connectivity index (χ1) is 12.3. The van der Waals surface area contributed by atoms with Gasteiger partial charge in [-0.05, 0) is 55.3 Å².